The maximum absolute atomic E-state index is 13.8. The van der Waals surface area contributed by atoms with Gasteiger partial charge in [0.2, 0.25) is 0 Å². The summed E-state index contributed by atoms with van der Waals surface area (Å²) in [5.41, 5.74) is 2.28. The molecule has 1 N–H and O–H groups in total. The van der Waals surface area contributed by atoms with E-state index in [0.29, 0.717) is 26.2 Å². The van der Waals surface area contributed by atoms with Gasteiger partial charge < -0.3 is 9.84 Å². The van der Waals surface area contributed by atoms with E-state index >= 15 is 0 Å². The Kier molecular flexibility index (Phi) is 6.40. The van der Waals surface area contributed by atoms with Crippen LogP contribution in [-0.4, -0.2) is 42.6 Å². The van der Waals surface area contributed by atoms with E-state index in [0.717, 1.165) is 24.2 Å². The Hall–Kier alpha value is -1.49. The molecule has 1 saturated heterocycles. The highest BCUT2D eigenvalue weighted by atomic mass is 31.2. The van der Waals surface area contributed by atoms with Gasteiger partial charge in [0, 0.05) is 46.4 Å². The van der Waals surface area contributed by atoms with Gasteiger partial charge in [-0.2, -0.15) is 0 Å². The molecule has 1 aliphatic rings. The maximum Gasteiger partial charge on any atom is 0.346 e. The molecule has 0 spiro atoms. The summed E-state index contributed by atoms with van der Waals surface area (Å²) in [5, 5.41) is 3.42. The normalized spacial score (nSPS) is 19.2. The van der Waals surface area contributed by atoms with E-state index < -0.39 is 7.67 Å². The van der Waals surface area contributed by atoms with E-state index in [-0.39, 0.29) is 0 Å². The molecule has 134 valence electrons. The SMILES string of the molecule is COP1(=O)N(Cc2ccccc2)CCNCCN1Cc1ccccc1. The summed E-state index contributed by atoms with van der Waals surface area (Å²) in [6.45, 7) is 4.20. The molecule has 6 heteroatoms. The number of nitrogens with one attached hydrogen (secondary N) is 1. The molecule has 0 amide bonds. The first kappa shape index (κ1) is 18.3. The van der Waals surface area contributed by atoms with Gasteiger partial charge >= 0.3 is 7.67 Å². The molecule has 1 aliphatic heterocycles. The lowest BCUT2D eigenvalue weighted by molar-refractivity contribution is 0.218. The van der Waals surface area contributed by atoms with Crippen LogP contribution in [0, 0.1) is 0 Å². The highest BCUT2D eigenvalue weighted by Gasteiger charge is 2.38. The minimum absolute atomic E-state index is 0.610. The van der Waals surface area contributed by atoms with E-state index in [1.807, 2.05) is 45.7 Å². The molecular weight excluding hydrogens is 333 g/mol. The molecule has 0 aliphatic carbocycles. The topological polar surface area (TPSA) is 44.8 Å². The van der Waals surface area contributed by atoms with Crippen molar-refractivity contribution < 1.29 is 9.09 Å². The van der Waals surface area contributed by atoms with Crippen molar-refractivity contribution in [3.05, 3.63) is 71.8 Å². The second-order valence-electron chi connectivity index (χ2n) is 6.17. The van der Waals surface area contributed by atoms with Crippen LogP contribution in [0.5, 0.6) is 0 Å². The summed E-state index contributed by atoms with van der Waals surface area (Å²) < 4.78 is 23.5. The molecular formula is C19H26N3O2P. The Morgan fingerprint density at radius 1 is 0.880 bits per heavy atom. The van der Waals surface area contributed by atoms with Gasteiger partial charge in [-0.3, -0.25) is 4.57 Å². The Labute approximate surface area is 150 Å². The summed E-state index contributed by atoms with van der Waals surface area (Å²) in [5.74, 6) is 0. The predicted octanol–water partition coefficient (Wildman–Crippen LogP) is 3.35. The molecule has 1 heterocycles. The summed E-state index contributed by atoms with van der Waals surface area (Å²) in [7, 11) is -1.53. The van der Waals surface area contributed by atoms with Gasteiger partial charge in [-0.25, -0.2) is 9.34 Å². The second-order valence-corrected chi connectivity index (χ2v) is 8.65. The van der Waals surface area contributed by atoms with Gasteiger partial charge in [-0.1, -0.05) is 60.7 Å². The Bertz CT molecular complexity index is 641. The van der Waals surface area contributed by atoms with Crippen molar-refractivity contribution in [1.29, 1.82) is 0 Å². The van der Waals surface area contributed by atoms with Crippen LogP contribution in [0.2, 0.25) is 0 Å². The number of hydrogen-bond donors (Lipinski definition) is 1. The lowest BCUT2D eigenvalue weighted by Gasteiger charge is -2.39. The van der Waals surface area contributed by atoms with Crippen LogP contribution in [0.1, 0.15) is 11.1 Å². The van der Waals surface area contributed by atoms with Gasteiger partial charge in [0.15, 0.2) is 0 Å². The minimum atomic E-state index is -3.09. The summed E-state index contributed by atoms with van der Waals surface area (Å²) in [6.07, 6.45) is 0. The highest BCUT2D eigenvalue weighted by molar-refractivity contribution is 7.53. The first-order valence-corrected chi connectivity index (χ1v) is 10.2. The molecule has 0 unspecified atom stereocenters. The minimum Gasteiger partial charge on any atom is -0.314 e. The number of benzene rings is 2. The largest absolute Gasteiger partial charge is 0.346 e. The quantitative estimate of drug-likeness (QED) is 0.830. The van der Waals surface area contributed by atoms with Crippen molar-refractivity contribution in [3.8, 4) is 0 Å². The Morgan fingerprint density at radius 2 is 1.32 bits per heavy atom. The van der Waals surface area contributed by atoms with Crippen molar-refractivity contribution >= 4 is 7.67 Å². The van der Waals surface area contributed by atoms with Crippen LogP contribution < -0.4 is 5.32 Å². The van der Waals surface area contributed by atoms with Crippen molar-refractivity contribution in [2.45, 2.75) is 13.1 Å². The van der Waals surface area contributed by atoms with Crippen LogP contribution in [0.15, 0.2) is 60.7 Å². The van der Waals surface area contributed by atoms with Crippen LogP contribution in [-0.2, 0) is 22.2 Å². The number of rotatable bonds is 5. The molecule has 3 rings (SSSR count). The standard InChI is InChI=1S/C19H26N3O2P/c1-24-25(23)21(16-18-8-4-2-5-9-18)14-12-20-13-15-22(25)17-19-10-6-3-7-11-19/h2-11,20H,12-17H2,1H3. The van der Waals surface area contributed by atoms with Crippen molar-refractivity contribution in [2.24, 2.45) is 0 Å². The van der Waals surface area contributed by atoms with Gasteiger partial charge in [-0.15, -0.1) is 0 Å². The van der Waals surface area contributed by atoms with E-state index in [1.54, 1.807) is 7.11 Å². The third-order valence-electron chi connectivity index (χ3n) is 4.46. The van der Waals surface area contributed by atoms with Crippen molar-refractivity contribution in [3.63, 3.8) is 0 Å². The molecule has 0 saturated carbocycles. The van der Waals surface area contributed by atoms with Crippen LogP contribution >= 0.6 is 7.67 Å². The van der Waals surface area contributed by atoms with E-state index in [9.17, 15) is 4.57 Å². The molecule has 2 aromatic rings. The van der Waals surface area contributed by atoms with E-state index in [4.69, 9.17) is 4.52 Å². The first-order chi connectivity index (χ1) is 12.2. The fourth-order valence-electron chi connectivity index (χ4n) is 3.13. The van der Waals surface area contributed by atoms with Gasteiger partial charge in [-0.05, 0) is 11.1 Å². The van der Waals surface area contributed by atoms with Crippen molar-refractivity contribution in [2.75, 3.05) is 33.3 Å². The first-order valence-electron chi connectivity index (χ1n) is 8.67. The monoisotopic (exact) mass is 359 g/mol. The van der Waals surface area contributed by atoms with Gasteiger partial charge in [0.05, 0.1) is 0 Å². The summed E-state index contributed by atoms with van der Waals surface area (Å²) in [6, 6.07) is 20.3. The molecule has 0 bridgehead atoms. The lowest BCUT2D eigenvalue weighted by Crippen LogP contribution is -2.42. The average molecular weight is 359 g/mol. The molecule has 0 radical (unpaired) electrons. The van der Waals surface area contributed by atoms with Crippen molar-refractivity contribution in [1.82, 2.24) is 14.7 Å². The number of hydrogen-bond acceptors (Lipinski definition) is 3. The molecule has 2 aromatic carbocycles. The molecule has 0 aromatic heterocycles. The third kappa shape index (κ3) is 4.57. The highest BCUT2D eigenvalue weighted by Crippen LogP contribution is 2.55. The zero-order chi connectivity index (χ0) is 17.5. The second kappa shape index (κ2) is 8.75. The Balaban J connectivity index is 1.85. The van der Waals surface area contributed by atoms with E-state index in [1.165, 1.54) is 0 Å². The predicted molar refractivity (Wildman–Crippen MR) is 101 cm³/mol. The zero-order valence-corrected chi connectivity index (χ0v) is 15.6. The van der Waals surface area contributed by atoms with Crippen LogP contribution in [0.4, 0.5) is 0 Å². The fourth-order valence-corrected chi connectivity index (χ4v) is 5.34. The maximum atomic E-state index is 13.8. The number of nitrogens with zero attached hydrogens (tertiary/aromatic N) is 2. The fraction of sp³-hybridized carbons (Fsp3) is 0.368. The molecule has 5 nitrogen and oxygen atoms in total. The molecule has 0 atom stereocenters. The molecule has 1 fully saturated rings. The van der Waals surface area contributed by atoms with E-state index in [2.05, 4.69) is 29.6 Å². The van der Waals surface area contributed by atoms with Gasteiger partial charge in [0.25, 0.3) is 0 Å². The van der Waals surface area contributed by atoms with Crippen LogP contribution in [0.3, 0.4) is 0 Å². The average Bonchev–Trinajstić information content (AvgIpc) is 2.66. The smallest absolute Gasteiger partial charge is 0.314 e. The lowest BCUT2D eigenvalue weighted by atomic mass is 10.2. The summed E-state index contributed by atoms with van der Waals surface area (Å²) in [4.78, 5) is 0. The summed E-state index contributed by atoms with van der Waals surface area (Å²) >= 11 is 0. The molecule has 25 heavy (non-hydrogen) atoms. The third-order valence-corrected chi connectivity index (χ3v) is 7.05. The van der Waals surface area contributed by atoms with Crippen LogP contribution in [0.25, 0.3) is 0 Å². The zero-order valence-electron chi connectivity index (χ0n) is 14.7. The Morgan fingerprint density at radius 3 is 1.72 bits per heavy atom. The van der Waals surface area contributed by atoms with Gasteiger partial charge in [0.1, 0.15) is 0 Å².